The fourth-order valence-corrected chi connectivity index (χ4v) is 1.38. The van der Waals surface area contributed by atoms with Crippen LogP contribution in [0.15, 0.2) is 29.8 Å². The van der Waals surface area contributed by atoms with Gasteiger partial charge in [-0.2, -0.15) is 0 Å². The van der Waals surface area contributed by atoms with Crippen molar-refractivity contribution in [3.63, 3.8) is 0 Å². The Hall–Kier alpha value is -0.700. The van der Waals surface area contributed by atoms with Gasteiger partial charge in [-0.15, -0.1) is 0 Å². The minimum atomic E-state index is -0.978. The number of hydrogen-bond donors (Lipinski definition) is 1. The second-order valence-corrected chi connectivity index (χ2v) is 3.92. The molecule has 15 heavy (non-hydrogen) atoms. The number of aliphatic hydroxyl groups excluding tert-OH is 1. The molecule has 0 aromatic heterocycles. The molecule has 0 aliphatic heterocycles. The zero-order valence-corrected chi connectivity index (χ0v) is 10.0. The molecule has 0 saturated carbocycles. The van der Waals surface area contributed by atoms with Crippen molar-refractivity contribution >= 4 is 23.2 Å². The van der Waals surface area contributed by atoms with Gasteiger partial charge >= 0.3 is 0 Å². The van der Waals surface area contributed by atoms with Crippen LogP contribution in [0.1, 0.15) is 13.8 Å². The van der Waals surface area contributed by atoms with Gasteiger partial charge in [0, 0.05) is 5.02 Å². The van der Waals surface area contributed by atoms with Gasteiger partial charge in [0.2, 0.25) is 6.29 Å². The van der Waals surface area contributed by atoms with Gasteiger partial charge in [0.1, 0.15) is 5.75 Å². The average molecular weight is 247 g/mol. The van der Waals surface area contributed by atoms with E-state index < -0.39 is 6.29 Å². The van der Waals surface area contributed by atoms with Crippen molar-refractivity contribution in [2.75, 3.05) is 0 Å². The number of benzene rings is 1. The van der Waals surface area contributed by atoms with Crippen LogP contribution in [-0.4, -0.2) is 11.4 Å². The summed E-state index contributed by atoms with van der Waals surface area (Å²) in [5.74, 6) is 0.412. The smallest absolute Gasteiger partial charge is 0.220 e. The van der Waals surface area contributed by atoms with E-state index in [4.69, 9.17) is 27.9 Å². The molecule has 0 spiro atoms. The molecule has 1 aromatic carbocycles. The topological polar surface area (TPSA) is 29.5 Å². The van der Waals surface area contributed by atoms with E-state index in [1.54, 1.807) is 31.2 Å². The number of halogens is 2. The van der Waals surface area contributed by atoms with Crippen LogP contribution >= 0.6 is 23.2 Å². The zero-order chi connectivity index (χ0) is 11.4. The van der Waals surface area contributed by atoms with Gasteiger partial charge < -0.3 is 9.84 Å². The number of rotatable bonds is 3. The van der Waals surface area contributed by atoms with Gasteiger partial charge in [0.15, 0.2) is 0 Å². The highest BCUT2D eigenvalue weighted by Crippen LogP contribution is 2.28. The highest BCUT2D eigenvalue weighted by Gasteiger charge is 2.10. The number of hydrogen-bond acceptors (Lipinski definition) is 2. The Balaban J connectivity index is 2.81. The van der Waals surface area contributed by atoms with Gasteiger partial charge in [-0.05, 0) is 37.6 Å². The van der Waals surface area contributed by atoms with Crippen molar-refractivity contribution in [3.8, 4) is 5.75 Å². The van der Waals surface area contributed by atoms with Crippen LogP contribution in [0.5, 0.6) is 5.75 Å². The number of allylic oxidation sites excluding steroid dienone is 1. The Bertz CT molecular complexity index is 375. The van der Waals surface area contributed by atoms with Crippen LogP contribution < -0.4 is 4.74 Å². The maximum Gasteiger partial charge on any atom is 0.220 e. The van der Waals surface area contributed by atoms with Crippen molar-refractivity contribution in [1.82, 2.24) is 0 Å². The number of ether oxygens (including phenoxy) is 1. The van der Waals surface area contributed by atoms with Crippen LogP contribution in [0.25, 0.3) is 0 Å². The van der Waals surface area contributed by atoms with Gasteiger partial charge in [0.05, 0.1) is 5.02 Å². The molecule has 0 fully saturated rings. The normalized spacial score (nSPS) is 13.8. The van der Waals surface area contributed by atoms with Crippen molar-refractivity contribution in [3.05, 3.63) is 39.9 Å². The lowest BCUT2D eigenvalue weighted by Gasteiger charge is -2.14. The second kappa shape index (κ2) is 5.40. The third-order valence-corrected chi connectivity index (χ3v) is 2.51. The summed E-state index contributed by atoms with van der Waals surface area (Å²) in [6, 6.07) is 4.84. The first-order chi connectivity index (χ1) is 7.04. The molecule has 1 atom stereocenters. The fourth-order valence-electron chi connectivity index (χ4n) is 0.927. The molecule has 0 aliphatic rings. The van der Waals surface area contributed by atoms with Gasteiger partial charge in [-0.1, -0.05) is 29.3 Å². The highest BCUT2D eigenvalue weighted by atomic mass is 35.5. The van der Waals surface area contributed by atoms with Gasteiger partial charge in [-0.3, -0.25) is 0 Å². The molecular weight excluding hydrogens is 235 g/mol. The van der Waals surface area contributed by atoms with Crippen LogP contribution in [-0.2, 0) is 0 Å². The van der Waals surface area contributed by atoms with Crippen LogP contribution in [0.4, 0.5) is 0 Å². The maximum atomic E-state index is 9.58. The monoisotopic (exact) mass is 246 g/mol. The molecule has 1 N–H and O–H groups in total. The summed E-state index contributed by atoms with van der Waals surface area (Å²) in [5, 5.41) is 10.5. The Morgan fingerprint density at radius 1 is 1.47 bits per heavy atom. The first-order valence-corrected chi connectivity index (χ1v) is 5.22. The predicted molar refractivity (Wildman–Crippen MR) is 62.5 cm³/mol. The average Bonchev–Trinajstić information content (AvgIpc) is 2.20. The van der Waals surface area contributed by atoms with E-state index in [2.05, 4.69) is 0 Å². The Labute approximate surface area is 99.1 Å². The van der Waals surface area contributed by atoms with E-state index in [9.17, 15) is 5.11 Å². The summed E-state index contributed by atoms with van der Waals surface area (Å²) in [5.41, 5.74) is 0.723. The highest BCUT2D eigenvalue weighted by molar-refractivity contribution is 6.35. The lowest BCUT2D eigenvalue weighted by molar-refractivity contribution is 0.0147. The molecule has 1 rings (SSSR count). The quantitative estimate of drug-likeness (QED) is 0.652. The van der Waals surface area contributed by atoms with E-state index in [0.29, 0.717) is 15.8 Å². The van der Waals surface area contributed by atoms with Crippen molar-refractivity contribution in [2.45, 2.75) is 20.1 Å². The molecule has 0 amide bonds. The third kappa shape index (κ3) is 3.42. The molecule has 4 heteroatoms. The first-order valence-electron chi connectivity index (χ1n) is 4.47. The molecule has 0 saturated heterocycles. The van der Waals surface area contributed by atoms with Gasteiger partial charge in [-0.25, -0.2) is 0 Å². The second-order valence-electron chi connectivity index (χ2n) is 3.08. The van der Waals surface area contributed by atoms with E-state index >= 15 is 0 Å². The molecule has 2 nitrogen and oxygen atoms in total. The molecular formula is C11H12Cl2O2. The van der Waals surface area contributed by atoms with E-state index in [1.165, 1.54) is 0 Å². The molecule has 0 bridgehead atoms. The SMILES string of the molecule is CC=C(C)C(O)Oc1ccc(Cl)cc1Cl. The molecule has 82 valence electrons. The minimum Gasteiger partial charge on any atom is -0.460 e. The van der Waals surface area contributed by atoms with Crippen LogP contribution in [0.2, 0.25) is 10.0 Å². The zero-order valence-electron chi connectivity index (χ0n) is 8.50. The van der Waals surface area contributed by atoms with Crippen molar-refractivity contribution < 1.29 is 9.84 Å². The molecule has 0 aliphatic carbocycles. The summed E-state index contributed by atoms with van der Waals surface area (Å²) in [4.78, 5) is 0. The molecule has 0 heterocycles. The third-order valence-electron chi connectivity index (χ3n) is 1.98. The van der Waals surface area contributed by atoms with Crippen molar-refractivity contribution in [2.24, 2.45) is 0 Å². The van der Waals surface area contributed by atoms with Crippen LogP contribution in [0.3, 0.4) is 0 Å². The first kappa shape index (κ1) is 12.4. The maximum absolute atomic E-state index is 9.58. The lowest BCUT2D eigenvalue weighted by atomic mass is 10.3. The van der Waals surface area contributed by atoms with E-state index in [0.717, 1.165) is 5.57 Å². The summed E-state index contributed by atoms with van der Waals surface area (Å²) in [7, 11) is 0. The Morgan fingerprint density at radius 3 is 2.67 bits per heavy atom. The van der Waals surface area contributed by atoms with E-state index in [-0.39, 0.29) is 0 Å². The summed E-state index contributed by atoms with van der Waals surface area (Å²) in [6.45, 7) is 3.60. The van der Waals surface area contributed by atoms with E-state index in [1.807, 2.05) is 6.92 Å². The predicted octanol–water partition coefficient (Wildman–Crippen LogP) is 3.66. The summed E-state index contributed by atoms with van der Waals surface area (Å²) >= 11 is 11.6. The minimum absolute atomic E-state index is 0.380. The molecule has 1 unspecified atom stereocenters. The Kier molecular flexibility index (Phi) is 4.45. The fraction of sp³-hybridized carbons (Fsp3) is 0.273. The summed E-state index contributed by atoms with van der Waals surface area (Å²) in [6.07, 6.45) is 0.794. The largest absolute Gasteiger partial charge is 0.460 e. The van der Waals surface area contributed by atoms with Crippen molar-refractivity contribution in [1.29, 1.82) is 0 Å². The number of aliphatic hydroxyl groups is 1. The van der Waals surface area contributed by atoms with Gasteiger partial charge in [0.25, 0.3) is 0 Å². The van der Waals surface area contributed by atoms with Crippen LogP contribution in [0, 0.1) is 0 Å². The molecule has 0 radical (unpaired) electrons. The standard InChI is InChI=1S/C11H12Cl2O2/c1-3-7(2)11(14)15-10-5-4-8(12)6-9(10)13/h3-6,11,14H,1-2H3. The summed E-state index contributed by atoms with van der Waals surface area (Å²) < 4.78 is 5.25. The Morgan fingerprint density at radius 2 is 2.13 bits per heavy atom. The molecule has 1 aromatic rings. The lowest BCUT2D eigenvalue weighted by Crippen LogP contribution is -2.16.